The summed E-state index contributed by atoms with van der Waals surface area (Å²) < 4.78 is 0.920. The lowest BCUT2D eigenvalue weighted by Crippen LogP contribution is -2.14. The van der Waals surface area contributed by atoms with Crippen molar-refractivity contribution in [3.05, 3.63) is 45.5 Å². The number of halogens is 2. The molecule has 0 bridgehead atoms. The number of carbonyl (C=O) groups is 1. The van der Waals surface area contributed by atoms with Crippen LogP contribution in [0.2, 0.25) is 5.02 Å². The van der Waals surface area contributed by atoms with E-state index in [1.807, 2.05) is 13.0 Å². The maximum Gasteiger partial charge on any atom is 0.234 e. The molecule has 8 heteroatoms. The van der Waals surface area contributed by atoms with Gasteiger partial charge in [0, 0.05) is 15.2 Å². The average molecular weight is 412 g/mol. The zero-order valence-electron chi connectivity index (χ0n) is 12.1. The van der Waals surface area contributed by atoms with Crippen molar-refractivity contribution in [2.24, 2.45) is 0 Å². The topological polar surface area (TPSA) is 70.7 Å². The lowest BCUT2D eigenvalue weighted by Gasteiger charge is -2.04. The lowest BCUT2D eigenvalue weighted by atomic mass is 10.3. The summed E-state index contributed by atoms with van der Waals surface area (Å²) in [6.45, 7) is 1.91. The lowest BCUT2D eigenvalue weighted by molar-refractivity contribution is -0.113. The molecular weight excluding hydrogens is 400 g/mol. The highest BCUT2D eigenvalue weighted by molar-refractivity contribution is 9.10. The summed E-state index contributed by atoms with van der Waals surface area (Å²) in [6, 6.07) is 8.97. The number of fused-ring (bicyclic) bond motifs is 1. The number of aromatic amines is 1. The van der Waals surface area contributed by atoms with Gasteiger partial charge in [0.15, 0.2) is 10.8 Å². The second-order valence-corrected chi connectivity index (χ2v) is 7.07. The molecule has 0 aliphatic carbocycles. The minimum absolute atomic E-state index is 0.122. The number of amides is 1. The number of H-pyrrole nitrogens is 1. The van der Waals surface area contributed by atoms with Gasteiger partial charge in [0.2, 0.25) is 5.91 Å². The molecule has 118 valence electrons. The number of carbonyl (C=O) groups excluding carboxylic acids is 1. The number of aryl methyl sites for hydroxylation is 1. The van der Waals surface area contributed by atoms with Crippen LogP contribution in [-0.4, -0.2) is 26.6 Å². The number of imidazole rings is 1. The number of aromatic nitrogens is 3. The van der Waals surface area contributed by atoms with E-state index in [1.165, 1.54) is 11.8 Å². The molecule has 0 aliphatic rings. The Balaban J connectivity index is 1.65. The van der Waals surface area contributed by atoms with Crippen LogP contribution in [0.5, 0.6) is 0 Å². The molecule has 1 amide bonds. The maximum absolute atomic E-state index is 12.0. The fraction of sp³-hybridized carbons (Fsp3) is 0.133. The zero-order valence-corrected chi connectivity index (χ0v) is 15.2. The Labute approximate surface area is 150 Å². The second kappa shape index (κ2) is 6.90. The van der Waals surface area contributed by atoms with Gasteiger partial charge in [-0.1, -0.05) is 29.4 Å². The third kappa shape index (κ3) is 4.04. The van der Waals surface area contributed by atoms with Crippen LogP contribution >= 0.6 is 39.3 Å². The molecule has 1 aromatic carbocycles. The number of hydrogen-bond donors (Lipinski definition) is 2. The Kier molecular flexibility index (Phi) is 4.89. The first-order chi connectivity index (χ1) is 11.0. The minimum Gasteiger partial charge on any atom is -0.331 e. The Hall–Kier alpha value is -1.57. The first-order valence-corrected chi connectivity index (χ1v) is 8.88. The highest BCUT2D eigenvalue weighted by Gasteiger charge is 2.10. The fourth-order valence-corrected chi connectivity index (χ4v) is 3.13. The summed E-state index contributed by atoms with van der Waals surface area (Å²) >= 11 is 10.7. The quantitative estimate of drug-likeness (QED) is 0.624. The molecule has 0 unspecified atom stereocenters. The molecule has 2 N–H and O–H groups in total. The SMILES string of the molecule is Cc1nc2nc(SCC(=O)Nc3cccc(Cl)c3)[nH]c2cc1Br. The molecule has 3 aromatic rings. The summed E-state index contributed by atoms with van der Waals surface area (Å²) in [6.07, 6.45) is 0. The molecule has 23 heavy (non-hydrogen) atoms. The van der Waals surface area contributed by atoms with E-state index in [2.05, 4.69) is 36.2 Å². The van der Waals surface area contributed by atoms with E-state index in [9.17, 15) is 4.79 Å². The molecule has 2 aromatic heterocycles. The van der Waals surface area contributed by atoms with E-state index < -0.39 is 0 Å². The van der Waals surface area contributed by atoms with Gasteiger partial charge in [0.25, 0.3) is 0 Å². The minimum atomic E-state index is -0.122. The molecular formula is C15H12BrClN4OS. The summed E-state index contributed by atoms with van der Waals surface area (Å²) in [5.41, 5.74) is 3.02. The summed E-state index contributed by atoms with van der Waals surface area (Å²) in [7, 11) is 0. The Bertz CT molecular complexity index is 844. The standard InChI is InChI=1S/C15H12BrClN4OS/c1-8-11(16)6-12-14(18-8)21-15(20-12)23-7-13(22)19-10-4-2-3-9(17)5-10/h2-6H,7H2,1H3,(H,19,22)(H,18,20,21). The molecule has 0 fully saturated rings. The third-order valence-electron chi connectivity index (χ3n) is 3.03. The van der Waals surface area contributed by atoms with Crippen molar-refractivity contribution in [3.63, 3.8) is 0 Å². The number of nitrogens with zero attached hydrogens (tertiary/aromatic N) is 2. The van der Waals surface area contributed by atoms with Gasteiger partial charge in [-0.25, -0.2) is 9.97 Å². The van der Waals surface area contributed by atoms with Gasteiger partial charge in [-0.05, 0) is 47.1 Å². The van der Waals surface area contributed by atoms with Crippen LogP contribution in [0.3, 0.4) is 0 Å². The van der Waals surface area contributed by atoms with E-state index in [0.29, 0.717) is 21.5 Å². The van der Waals surface area contributed by atoms with E-state index in [0.717, 1.165) is 15.7 Å². The van der Waals surface area contributed by atoms with Gasteiger partial charge in [-0.3, -0.25) is 4.79 Å². The van der Waals surface area contributed by atoms with Crippen LogP contribution in [0.1, 0.15) is 5.69 Å². The van der Waals surface area contributed by atoms with Gasteiger partial charge in [-0.2, -0.15) is 0 Å². The number of benzene rings is 1. The number of nitrogens with one attached hydrogen (secondary N) is 2. The first-order valence-electron chi connectivity index (χ1n) is 6.72. The van der Waals surface area contributed by atoms with Crippen LogP contribution in [0.25, 0.3) is 11.2 Å². The third-order valence-corrected chi connectivity index (χ3v) is 4.94. The number of thioether (sulfide) groups is 1. The molecule has 0 atom stereocenters. The Morgan fingerprint density at radius 1 is 1.39 bits per heavy atom. The van der Waals surface area contributed by atoms with Crippen molar-refractivity contribution in [2.45, 2.75) is 12.1 Å². The van der Waals surface area contributed by atoms with Crippen molar-refractivity contribution in [2.75, 3.05) is 11.1 Å². The summed E-state index contributed by atoms with van der Waals surface area (Å²) in [5.74, 6) is 0.120. The van der Waals surface area contributed by atoms with Crippen molar-refractivity contribution < 1.29 is 4.79 Å². The van der Waals surface area contributed by atoms with E-state index in [1.54, 1.807) is 24.3 Å². The van der Waals surface area contributed by atoms with Crippen molar-refractivity contribution in [1.82, 2.24) is 15.0 Å². The summed E-state index contributed by atoms with van der Waals surface area (Å²) in [4.78, 5) is 23.9. The van der Waals surface area contributed by atoms with Gasteiger partial charge < -0.3 is 10.3 Å². The normalized spacial score (nSPS) is 10.9. The monoisotopic (exact) mass is 410 g/mol. The van der Waals surface area contributed by atoms with Crippen LogP contribution in [0.4, 0.5) is 5.69 Å². The number of hydrogen-bond acceptors (Lipinski definition) is 4. The second-order valence-electron chi connectivity index (χ2n) is 4.82. The van der Waals surface area contributed by atoms with E-state index >= 15 is 0 Å². The molecule has 3 rings (SSSR count). The molecule has 0 saturated carbocycles. The fourth-order valence-electron chi connectivity index (χ4n) is 1.95. The van der Waals surface area contributed by atoms with Gasteiger partial charge in [-0.15, -0.1) is 0 Å². The highest BCUT2D eigenvalue weighted by atomic mass is 79.9. The van der Waals surface area contributed by atoms with Gasteiger partial charge >= 0.3 is 0 Å². The van der Waals surface area contributed by atoms with Crippen LogP contribution < -0.4 is 5.32 Å². The van der Waals surface area contributed by atoms with Crippen LogP contribution in [0, 0.1) is 6.92 Å². The Morgan fingerprint density at radius 3 is 3.00 bits per heavy atom. The molecule has 0 radical (unpaired) electrons. The van der Waals surface area contributed by atoms with E-state index in [-0.39, 0.29) is 11.7 Å². The van der Waals surface area contributed by atoms with Gasteiger partial charge in [0.1, 0.15) is 0 Å². The molecule has 0 spiro atoms. The first kappa shape index (κ1) is 16.3. The smallest absolute Gasteiger partial charge is 0.234 e. The largest absolute Gasteiger partial charge is 0.331 e. The maximum atomic E-state index is 12.0. The molecule has 2 heterocycles. The predicted molar refractivity (Wildman–Crippen MR) is 97.1 cm³/mol. The van der Waals surface area contributed by atoms with Gasteiger partial charge in [0.05, 0.1) is 17.0 Å². The Morgan fingerprint density at radius 2 is 2.22 bits per heavy atom. The number of pyridine rings is 1. The van der Waals surface area contributed by atoms with Crippen LogP contribution in [0.15, 0.2) is 40.0 Å². The molecule has 0 saturated heterocycles. The van der Waals surface area contributed by atoms with Crippen LogP contribution in [-0.2, 0) is 4.79 Å². The zero-order chi connectivity index (χ0) is 16.4. The average Bonchev–Trinajstić information content (AvgIpc) is 2.87. The van der Waals surface area contributed by atoms with E-state index in [4.69, 9.17) is 11.6 Å². The van der Waals surface area contributed by atoms with Crippen molar-refractivity contribution in [1.29, 1.82) is 0 Å². The van der Waals surface area contributed by atoms with Crippen molar-refractivity contribution in [3.8, 4) is 0 Å². The predicted octanol–water partition coefficient (Wildman–Crippen LogP) is 4.41. The van der Waals surface area contributed by atoms with Crippen molar-refractivity contribution >= 4 is 62.1 Å². The number of rotatable bonds is 4. The number of anilines is 1. The highest BCUT2D eigenvalue weighted by Crippen LogP contribution is 2.23. The molecule has 5 nitrogen and oxygen atoms in total. The molecule has 0 aliphatic heterocycles. The summed E-state index contributed by atoms with van der Waals surface area (Å²) in [5, 5.41) is 4.04.